The van der Waals surface area contributed by atoms with Crippen LogP contribution in [0.3, 0.4) is 0 Å². The lowest BCUT2D eigenvalue weighted by atomic mass is 10.0. The van der Waals surface area contributed by atoms with E-state index in [1.807, 2.05) is 26.0 Å². The quantitative estimate of drug-likeness (QED) is 0.888. The van der Waals surface area contributed by atoms with E-state index in [4.69, 9.17) is 16.3 Å². The molecule has 0 fully saturated rings. The molecule has 1 amide bonds. The van der Waals surface area contributed by atoms with Crippen molar-refractivity contribution >= 4 is 23.5 Å². The molecule has 0 bridgehead atoms. The standard InChI is InChI=1S/C17H24ClNO3/c1-6-14(19-16(21)22-17(3,4)5)15(20)10-12-7-8-13(18)11(2)9-12/h7-9,14H,6,10H2,1-5H3,(H,19,21). The van der Waals surface area contributed by atoms with Gasteiger partial charge in [-0.15, -0.1) is 0 Å². The van der Waals surface area contributed by atoms with Crippen LogP contribution in [0.1, 0.15) is 45.2 Å². The average Bonchev–Trinajstić information content (AvgIpc) is 2.38. The summed E-state index contributed by atoms with van der Waals surface area (Å²) in [5.41, 5.74) is 1.23. The Balaban J connectivity index is 2.68. The molecule has 22 heavy (non-hydrogen) atoms. The average molecular weight is 326 g/mol. The maximum Gasteiger partial charge on any atom is 0.408 e. The predicted octanol–water partition coefficient (Wildman–Crippen LogP) is 4.06. The SMILES string of the molecule is CCC(NC(=O)OC(C)(C)C)C(=O)Cc1ccc(Cl)c(C)c1. The number of amides is 1. The maximum atomic E-state index is 12.3. The number of carbonyl (C=O) groups excluding carboxylic acids is 2. The molecular formula is C17H24ClNO3. The van der Waals surface area contributed by atoms with Crippen molar-refractivity contribution < 1.29 is 14.3 Å². The van der Waals surface area contributed by atoms with Crippen molar-refractivity contribution in [3.05, 3.63) is 34.3 Å². The maximum absolute atomic E-state index is 12.3. The van der Waals surface area contributed by atoms with Crippen LogP contribution in [0.2, 0.25) is 5.02 Å². The number of Topliss-reactive ketones (excluding diaryl/α,β-unsaturated/α-hetero) is 1. The van der Waals surface area contributed by atoms with Crippen LogP contribution in [0.15, 0.2) is 18.2 Å². The van der Waals surface area contributed by atoms with Gasteiger partial charge in [0.2, 0.25) is 0 Å². The summed E-state index contributed by atoms with van der Waals surface area (Å²) in [5.74, 6) is -0.0462. The third-order valence-corrected chi connectivity index (χ3v) is 3.51. The molecule has 0 aliphatic heterocycles. The van der Waals surface area contributed by atoms with Gasteiger partial charge in [-0.2, -0.15) is 0 Å². The second-order valence-corrected chi connectivity index (χ2v) is 6.74. The number of benzene rings is 1. The van der Waals surface area contributed by atoms with Crippen molar-refractivity contribution in [1.29, 1.82) is 0 Å². The number of rotatable bonds is 5. The van der Waals surface area contributed by atoms with Gasteiger partial charge in [0.25, 0.3) is 0 Å². The third-order valence-electron chi connectivity index (χ3n) is 3.09. The van der Waals surface area contributed by atoms with Crippen LogP contribution in [0.5, 0.6) is 0 Å². The molecule has 122 valence electrons. The molecular weight excluding hydrogens is 302 g/mol. The van der Waals surface area contributed by atoms with Gasteiger partial charge in [0.15, 0.2) is 5.78 Å². The fourth-order valence-electron chi connectivity index (χ4n) is 2.00. The van der Waals surface area contributed by atoms with Crippen LogP contribution in [0.25, 0.3) is 0 Å². The number of aryl methyl sites for hydroxylation is 1. The smallest absolute Gasteiger partial charge is 0.408 e. The Labute approximate surface area is 137 Å². The monoisotopic (exact) mass is 325 g/mol. The molecule has 0 aliphatic rings. The van der Waals surface area contributed by atoms with E-state index in [-0.39, 0.29) is 12.2 Å². The summed E-state index contributed by atoms with van der Waals surface area (Å²) in [4.78, 5) is 24.1. The van der Waals surface area contributed by atoms with Crippen molar-refractivity contribution in [3.8, 4) is 0 Å². The zero-order valence-corrected chi connectivity index (χ0v) is 14.6. The molecule has 0 radical (unpaired) electrons. The van der Waals surface area contributed by atoms with Gasteiger partial charge in [0.05, 0.1) is 6.04 Å². The van der Waals surface area contributed by atoms with Gasteiger partial charge >= 0.3 is 6.09 Å². The van der Waals surface area contributed by atoms with Crippen LogP contribution in [-0.4, -0.2) is 23.5 Å². The fraction of sp³-hybridized carbons (Fsp3) is 0.529. The minimum atomic E-state index is -0.585. The summed E-state index contributed by atoms with van der Waals surface area (Å²) in [7, 11) is 0. The summed E-state index contributed by atoms with van der Waals surface area (Å²) < 4.78 is 5.19. The van der Waals surface area contributed by atoms with E-state index >= 15 is 0 Å². The molecule has 4 nitrogen and oxygen atoms in total. The zero-order valence-electron chi connectivity index (χ0n) is 13.8. The van der Waals surface area contributed by atoms with Crippen molar-refractivity contribution in [2.75, 3.05) is 0 Å². The minimum Gasteiger partial charge on any atom is -0.444 e. The van der Waals surface area contributed by atoms with E-state index in [0.717, 1.165) is 11.1 Å². The summed E-state index contributed by atoms with van der Waals surface area (Å²) in [6, 6.07) is 4.95. The Hall–Kier alpha value is -1.55. The molecule has 0 saturated carbocycles. The largest absolute Gasteiger partial charge is 0.444 e. The Kier molecular flexibility index (Phi) is 6.42. The molecule has 1 rings (SSSR count). The fourth-order valence-corrected chi connectivity index (χ4v) is 2.12. The highest BCUT2D eigenvalue weighted by molar-refractivity contribution is 6.31. The third kappa shape index (κ3) is 6.06. The first-order valence-electron chi connectivity index (χ1n) is 7.39. The number of alkyl carbamates (subject to hydrolysis) is 1. The normalized spacial score (nSPS) is 12.6. The Morgan fingerprint density at radius 3 is 2.45 bits per heavy atom. The highest BCUT2D eigenvalue weighted by Gasteiger charge is 2.23. The molecule has 0 heterocycles. The zero-order chi connectivity index (χ0) is 16.9. The number of hydrogen-bond donors (Lipinski definition) is 1. The van der Waals surface area contributed by atoms with Gasteiger partial charge in [-0.1, -0.05) is 30.7 Å². The molecule has 1 N–H and O–H groups in total. The first-order chi connectivity index (χ1) is 10.1. The van der Waals surface area contributed by atoms with Gasteiger partial charge in [-0.25, -0.2) is 4.79 Å². The van der Waals surface area contributed by atoms with E-state index in [1.165, 1.54) is 0 Å². The number of ether oxygens (including phenoxy) is 1. The summed E-state index contributed by atoms with van der Waals surface area (Å²) >= 11 is 5.98. The highest BCUT2D eigenvalue weighted by Crippen LogP contribution is 2.17. The lowest BCUT2D eigenvalue weighted by Crippen LogP contribution is -2.43. The highest BCUT2D eigenvalue weighted by atomic mass is 35.5. The van der Waals surface area contributed by atoms with Crippen molar-refractivity contribution in [2.24, 2.45) is 0 Å². The Bertz CT molecular complexity index is 549. The summed E-state index contributed by atoms with van der Waals surface area (Å²) in [5, 5.41) is 3.31. The van der Waals surface area contributed by atoms with Gasteiger partial charge in [0.1, 0.15) is 5.60 Å². The summed E-state index contributed by atoms with van der Waals surface area (Å²) in [6.45, 7) is 9.10. The van der Waals surface area contributed by atoms with Crippen LogP contribution in [-0.2, 0) is 16.0 Å². The molecule has 1 unspecified atom stereocenters. The Morgan fingerprint density at radius 2 is 1.95 bits per heavy atom. The molecule has 0 aliphatic carbocycles. The first kappa shape index (κ1) is 18.5. The predicted molar refractivity (Wildman–Crippen MR) is 88.3 cm³/mol. The van der Waals surface area contributed by atoms with Gasteiger partial charge in [-0.05, 0) is 51.3 Å². The molecule has 1 aromatic carbocycles. The lowest BCUT2D eigenvalue weighted by Gasteiger charge is -2.22. The summed E-state index contributed by atoms with van der Waals surface area (Å²) in [6.07, 6.45) is 0.205. The number of halogens is 1. The van der Waals surface area contributed by atoms with Gasteiger partial charge in [-0.3, -0.25) is 4.79 Å². The van der Waals surface area contributed by atoms with E-state index < -0.39 is 17.7 Å². The second kappa shape index (κ2) is 7.63. The second-order valence-electron chi connectivity index (χ2n) is 6.33. The Morgan fingerprint density at radius 1 is 1.32 bits per heavy atom. The van der Waals surface area contributed by atoms with Gasteiger partial charge < -0.3 is 10.1 Å². The molecule has 1 atom stereocenters. The molecule has 1 aromatic rings. The van der Waals surface area contributed by atoms with Crippen molar-refractivity contribution in [3.63, 3.8) is 0 Å². The molecule has 5 heteroatoms. The minimum absolute atomic E-state index is 0.0462. The van der Waals surface area contributed by atoms with E-state index in [9.17, 15) is 9.59 Å². The van der Waals surface area contributed by atoms with Crippen LogP contribution >= 0.6 is 11.6 Å². The number of carbonyl (C=O) groups is 2. The molecule has 0 spiro atoms. The first-order valence-corrected chi connectivity index (χ1v) is 7.77. The van der Waals surface area contributed by atoms with Crippen LogP contribution in [0.4, 0.5) is 4.79 Å². The number of ketones is 1. The van der Waals surface area contributed by atoms with E-state index in [1.54, 1.807) is 26.8 Å². The molecule has 0 aromatic heterocycles. The van der Waals surface area contributed by atoms with Crippen molar-refractivity contribution in [2.45, 2.75) is 59.1 Å². The topological polar surface area (TPSA) is 55.4 Å². The number of nitrogens with one attached hydrogen (secondary N) is 1. The number of hydrogen-bond acceptors (Lipinski definition) is 3. The van der Waals surface area contributed by atoms with Crippen LogP contribution in [0, 0.1) is 6.92 Å². The van der Waals surface area contributed by atoms with Gasteiger partial charge in [0, 0.05) is 11.4 Å². The lowest BCUT2D eigenvalue weighted by molar-refractivity contribution is -0.120. The van der Waals surface area contributed by atoms with Crippen molar-refractivity contribution in [1.82, 2.24) is 5.32 Å². The van der Waals surface area contributed by atoms with E-state index in [0.29, 0.717) is 11.4 Å². The van der Waals surface area contributed by atoms with E-state index in [2.05, 4.69) is 5.32 Å². The van der Waals surface area contributed by atoms with Crippen LogP contribution < -0.4 is 5.32 Å². The molecule has 0 saturated heterocycles.